The van der Waals surface area contributed by atoms with Crippen LogP contribution in [0.25, 0.3) is 11.1 Å². The lowest BCUT2D eigenvalue weighted by atomic mass is 9.97. The molecule has 0 fully saturated rings. The second-order valence-electron chi connectivity index (χ2n) is 4.20. The Labute approximate surface area is 110 Å². The smallest absolute Gasteiger partial charge is 0.0583 e. The van der Waals surface area contributed by atoms with Crippen molar-refractivity contribution in [2.75, 3.05) is 11.5 Å². The van der Waals surface area contributed by atoms with Gasteiger partial charge in [0.2, 0.25) is 0 Å². The average molecular weight is 291 g/mol. The predicted octanol–water partition coefficient (Wildman–Crippen LogP) is 3.90. The van der Waals surface area contributed by atoms with Crippen LogP contribution >= 0.6 is 15.9 Å². The number of hydrogen-bond acceptors (Lipinski definition) is 2. The van der Waals surface area contributed by atoms with Crippen LogP contribution in [0.2, 0.25) is 0 Å². The molecule has 0 aliphatic heterocycles. The van der Waals surface area contributed by atoms with Crippen LogP contribution in [0.5, 0.6) is 0 Å². The van der Waals surface area contributed by atoms with E-state index in [9.17, 15) is 0 Å². The van der Waals surface area contributed by atoms with Gasteiger partial charge in [0.15, 0.2) is 0 Å². The van der Waals surface area contributed by atoms with Crippen LogP contribution < -0.4 is 11.5 Å². The Bertz CT molecular complexity index is 577. The maximum atomic E-state index is 5.95. The lowest BCUT2D eigenvalue weighted by molar-refractivity contribution is 1.40. The van der Waals surface area contributed by atoms with Gasteiger partial charge in [-0.3, -0.25) is 0 Å². The quantitative estimate of drug-likeness (QED) is 0.783. The normalized spacial score (nSPS) is 10.5. The van der Waals surface area contributed by atoms with Crippen molar-refractivity contribution in [1.29, 1.82) is 0 Å². The van der Waals surface area contributed by atoms with Crippen molar-refractivity contribution in [3.05, 3.63) is 45.9 Å². The van der Waals surface area contributed by atoms with Crippen LogP contribution in [0.1, 0.15) is 11.1 Å². The summed E-state index contributed by atoms with van der Waals surface area (Å²) in [6, 6.07) is 10.1. The van der Waals surface area contributed by atoms with Gasteiger partial charge >= 0.3 is 0 Å². The van der Waals surface area contributed by atoms with Gasteiger partial charge in [0.05, 0.1) is 11.4 Å². The zero-order valence-electron chi connectivity index (χ0n) is 9.92. The first-order chi connectivity index (χ1) is 8.00. The van der Waals surface area contributed by atoms with Crippen LogP contribution in [0.4, 0.5) is 11.4 Å². The van der Waals surface area contributed by atoms with E-state index in [4.69, 9.17) is 11.5 Å². The standard InChI is InChI=1S/C14H15BrN2/c1-8-7-10(3-5-12(8)15)11-4-6-13(16)14(17)9(11)2/h3-7H,16-17H2,1-2H3. The van der Waals surface area contributed by atoms with Crippen molar-refractivity contribution < 1.29 is 0 Å². The molecule has 0 heterocycles. The van der Waals surface area contributed by atoms with Crippen molar-refractivity contribution in [3.63, 3.8) is 0 Å². The summed E-state index contributed by atoms with van der Waals surface area (Å²) in [5, 5.41) is 0. The monoisotopic (exact) mass is 290 g/mol. The molecular weight excluding hydrogens is 276 g/mol. The molecule has 0 spiro atoms. The number of nitrogen functional groups attached to an aromatic ring is 2. The first-order valence-corrected chi connectivity index (χ1v) is 6.21. The molecule has 4 N–H and O–H groups in total. The zero-order chi connectivity index (χ0) is 12.6. The molecule has 0 atom stereocenters. The van der Waals surface area contributed by atoms with Gasteiger partial charge in [-0.05, 0) is 48.2 Å². The number of anilines is 2. The van der Waals surface area contributed by atoms with Gasteiger partial charge in [-0.2, -0.15) is 0 Å². The van der Waals surface area contributed by atoms with Gasteiger partial charge in [0.1, 0.15) is 0 Å². The Balaban J connectivity index is 2.61. The summed E-state index contributed by atoms with van der Waals surface area (Å²) in [5.74, 6) is 0. The Hall–Kier alpha value is -1.48. The first-order valence-electron chi connectivity index (χ1n) is 5.42. The van der Waals surface area contributed by atoms with E-state index in [1.165, 1.54) is 5.56 Å². The highest BCUT2D eigenvalue weighted by molar-refractivity contribution is 9.10. The number of halogens is 1. The van der Waals surface area contributed by atoms with Gasteiger partial charge in [-0.25, -0.2) is 0 Å². The van der Waals surface area contributed by atoms with E-state index in [0.29, 0.717) is 11.4 Å². The zero-order valence-corrected chi connectivity index (χ0v) is 11.5. The van der Waals surface area contributed by atoms with Crippen molar-refractivity contribution >= 4 is 27.3 Å². The van der Waals surface area contributed by atoms with Crippen LogP contribution in [-0.4, -0.2) is 0 Å². The Morgan fingerprint density at radius 3 is 2.35 bits per heavy atom. The van der Waals surface area contributed by atoms with Crippen molar-refractivity contribution in [3.8, 4) is 11.1 Å². The van der Waals surface area contributed by atoms with Crippen molar-refractivity contribution in [1.82, 2.24) is 0 Å². The van der Waals surface area contributed by atoms with E-state index in [1.807, 2.05) is 19.1 Å². The molecule has 0 radical (unpaired) electrons. The highest BCUT2D eigenvalue weighted by Gasteiger charge is 2.07. The molecule has 2 aromatic rings. The summed E-state index contributed by atoms with van der Waals surface area (Å²) in [7, 11) is 0. The number of hydrogen-bond donors (Lipinski definition) is 2. The number of aryl methyl sites for hydroxylation is 1. The van der Waals surface area contributed by atoms with Gasteiger partial charge in [0, 0.05) is 4.47 Å². The van der Waals surface area contributed by atoms with E-state index in [0.717, 1.165) is 21.2 Å². The lowest BCUT2D eigenvalue weighted by Crippen LogP contribution is -1.98. The molecule has 17 heavy (non-hydrogen) atoms. The summed E-state index contributed by atoms with van der Waals surface area (Å²) >= 11 is 3.50. The minimum Gasteiger partial charge on any atom is -0.397 e. The highest BCUT2D eigenvalue weighted by atomic mass is 79.9. The fourth-order valence-electron chi connectivity index (χ4n) is 1.87. The summed E-state index contributed by atoms with van der Waals surface area (Å²) in [6.45, 7) is 4.07. The molecule has 0 saturated heterocycles. The van der Waals surface area contributed by atoms with Crippen LogP contribution in [0.3, 0.4) is 0 Å². The molecule has 0 saturated carbocycles. The Kier molecular flexibility index (Phi) is 3.11. The molecule has 0 unspecified atom stereocenters. The predicted molar refractivity (Wildman–Crippen MR) is 77.9 cm³/mol. The van der Waals surface area contributed by atoms with Gasteiger partial charge in [-0.15, -0.1) is 0 Å². The molecule has 3 heteroatoms. The maximum Gasteiger partial charge on any atom is 0.0583 e. The second-order valence-corrected chi connectivity index (χ2v) is 5.06. The number of nitrogens with two attached hydrogens (primary N) is 2. The third kappa shape index (κ3) is 2.15. The highest BCUT2D eigenvalue weighted by Crippen LogP contribution is 2.32. The molecule has 2 aromatic carbocycles. The molecular formula is C14H15BrN2. The van der Waals surface area contributed by atoms with Gasteiger partial charge in [0.25, 0.3) is 0 Å². The van der Waals surface area contributed by atoms with Crippen LogP contribution in [0.15, 0.2) is 34.8 Å². The lowest BCUT2D eigenvalue weighted by Gasteiger charge is -2.12. The summed E-state index contributed by atoms with van der Waals surface area (Å²) in [5.41, 5.74) is 17.6. The molecule has 2 rings (SSSR count). The van der Waals surface area contributed by atoms with E-state index in [1.54, 1.807) is 0 Å². The van der Waals surface area contributed by atoms with E-state index < -0.39 is 0 Å². The first kappa shape index (κ1) is 12.0. The third-order valence-electron chi connectivity index (χ3n) is 3.02. The summed E-state index contributed by atoms with van der Waals surface area (Å²) in [6.07, 6.45) is 0. The largest absolute Gasteiger partial charge is 0.397 e. The minimum absolute atomic E-state index is 0.639. The van der Waals surface area contributed by atoms with Gasteiger partial charge in [-0.1, -0.05) is 34.1 Å². The third-order valence-corrected chi connectivity index (χ3v) is 3.91. The SMILES string of the molecule is Cc1cc(-c2ccc(N)c(N)c2C)ccc1Br. The molecule has 0 bridgehead atoms. The summed E-state index contributed by atoms with van der Waals surface area (Å²) < 4.78 is 1.11. The molecule has 0 aliphatic carbocycles. The molecule has 88 valence electrons. The Morgan fingerprint density at radius 2 is 1.71 bits per heavy atom. The van der Waals surface area contributed by atoms with E-state index in [-0.39, 0.29) is 0 Å². The molecule has 2 nitrogen and oxygen atoms in total. The molecule has 0 amide bonds. The topological polar surface area (TPSA) is 52.0 Å². The Morgan fingerprint density at radius 1 is 1.00 bits per heavy atom. The fraction of sp³-hybridized carbons (Fsp3) is 0.143. The van der Waals surface area contributed by atoms with E-state index in [2.05, 4.69) is 41.1 Å². The van der Waals surface area contributed by atoms with Crippen LogP contribution in [-0.2, 0) is 0 Å². The fourth-order valence-corrected chi connectivity index (χ4v) is 2.12. The van der Waals surface area contributed by atoms with Crippen molar-refractivity contribution in [2.24, 2.45) is 0 Å². The summed E-state index contributed by atoms with van der Waals surface area (Å²) in [4.78, 5) is 0. The molecule has 0 aromatic heterocycles. The van der Waals surface area contributed by atoms with Crippen molar-refractivity contribution in [2.45, 2.75) is 13.8 Å². The maximum absolute atomic E-state index is 5.95. The molecule has 0 aliphatic rings. The number of rotatable bonds is 1. The second kappa shape index (κ2) is 4.41. The average Bonchev–Trinajstić information content (AvgIpc) is 2.30. The van der Waals surface area contributed by atoms with Gasteiger partial charge < -0.3 is 11.5 Å². The van der Waals surface area contributed by atoms with Crippen LogP contribution in [0, 0.1) is 13.8 Å². The number of benzene rings is 2. The minimum atomic E-state index is 0.639. The van der Waals surface area contributed by atoms with E-state index >= 15 is 0 Å².